The van der Waals surface area contributed by atoms with Crippen LogP contribution in [0.4, 0.5) is 0 Å². The van der Waals surface area contributed by atoms with Crippen LogP contribution in [0.2, 0.25) is 0 Å². The fourth-order valence-corrected chi connectivity index (χ4v) is 2.10. The van der Waals surface area contributed by atoms with Gasteiger partial charge in [0.25, 0.3) is 0 Å². The van der Waals surface area contributed by atoms with Crippen LogP contribution in [0, 0.1) is 0 Å². The maximum absolute atomic E-state index is 11.4. The standard InChI is InChI=1S/C9H15N2O/c12-9-2-1-7-11(9)8-3-5-10-6-4-8/h8H,1-7H2. The van der Waals surface area contributed by atoms with Gasteiger partial charge < -0.3 is 4.90 Å². The lowest BCUT2D eigenvalue weighted by Crippen LogP contribution is -2.41. The van der Waals surface area contributed by atoms with Gasteiger partial charge in [0.05, 0.1) is 0 Å². The molecule has 0 aromatic rings. The largest absolute Gasteiger partial charge is 0.340 e. The SMILES string of the molecule is O=C1CCCN1C1CC[N]CC1. The molecule has 12 heavy (non-hydrogen) atoms. The number of carbonyl (C=O) groups is 1. The van der Waals surface area contributed by atoms with Crippen LogP contribution in [0.3, 0.4) is 0 Å². The van der Waals surface area contributed by atoms with Crippen molar-refractivity contribution >= 4 is 5.91 Å². The minimum absolute atomic E-state index is 0.363. The molecule has 2 heterocycles. The molecule has 0 N–H and O–H groups in total. The highest BCUT2D eigenvalue weighted by Gasteiger charge is 2.28. The van der Waals surface area contributed by atoms with Crippen molar-refractivity contribution in [3.8, 4) is 0 Å². The van der Waals surface area contributed by atoms with E-state index in [1.807, 2.05) is 0 Å². The summed E-state index contributed by atoms with van der Waals surface area (Å²) in [5, 5.41) is 4.29. The van der Waals surface area contributed by atoms with E-state index in [1.54, 1.807) is 0 Å². The summed E-state index contributed by atoms with van der Waals surface area (Å²) in [6.07, 6.45) is 4.01. The molecular formula is C9H15N2O. The van der Waals surface area contributed by atoms with E-state index in [-0.39, 0.29) is 0 Å². The molecule has 2 rings (SSSR count). The fraction of sp³-hybridized carbons (Fsp3) is 0.889. The number of likely N-dealkylation sites (tertiary alicyclic amines) is 1. The Morgan fingerprint density at radius 3 is 2.67 bits per heavy atom. The molecular weight excluding hydrogens is 152 g/mol. The minimum atomic E-state index is 0.363. The van der Waals surface area contributed by atoms with Gasteiger partial charge in [-0.1, -0.05) is 0 Å². The predicted molar refractivity (Wildman–Crippen MR) is 45.8 cm³/mol. The van der Waals surface area contributed by atoms with Crippen LogP contribution >= 0.6 is 0 Å². The van der Waals surface area contributed by atoms with Crippen molar-refractivity contribution in [2.75, 3.05) is 19.6 Å². The summed E-state index contributed by atoms with van der Waals surface area (Å²) < 4.78 is 0. The molecule has 0 saturated carbocycles. The van der Waals surface area contributed by atoms with Gasteiger partial charge in [-0.2, -0.15) is 0 Å². The van der Waals surface area contributed by atoms with Gasteiger partial charge in [-0.25, -0.2) is 5.32 Å². The van der Waals surface area contributed by atoms with E-state index in [2.05, 4.69) is 10.2 Å². The molecule has 1 radical (unpaired) electrons. The third-order valence-corrected chi connectivity index (χ3v) is 2.79. The van der Waals surface area contributed by atoms with Crippen molar-refractivity contribution in [2.24, 2.45) is 0 Å². The number of rotatable bonds is 1. The third-order valence-electron chi connectivity index (χ3n) is 2.79. The molecule has 3 nitrogen and oxygen atoms in total. The van der Waals surface area contributed by atoms with E-state index in [9.17, 15) is 4.79 Å². The number of piperidine rings is 1. The van der Waals surface area contributed by atoms with E-state index in [0.29, 0.717) is 11.9 Å². The monoisotopic (exact) mass is 167 g/mol. The Bertz CT molecular complexity index is 175. The first-order chi connectivity index (χ1) is 5.88. The first kappa shape index (κ1) is 8.05. The second kappa shape index (κ2) is 3.44. The van der Waals surface area contributed by atoms with Gasteiger partial charge in [-0.15, -0.1) is 0 Å². The summed E-state index contributed by atoms with van der Waals surface area (Å²) in [4.78, 5) is 13.4. The third kappa shape index (κ3) is 1.46. The van der Waals surface area contributed by atoms with E-state index < -0.39 is 0 Å². The molecule has 3 heteroatoms. The summed E-state index contributed by atoms with van der Waals surface area (Å²) in [5.74, 6) is 0.363. The van der Waals surface area contributed by atoms with Crippen molar-refractivity contribution < 1.29 is 4.79 Å². The van der Waals surface area contributed by atoms with Crippen LogP contribution in [0.1, 0.15) is 25.7 Å². The van der Waals surface area contributed by atoms with Gasteiger partial charge in [0.1, 0.15) is 0 Å². The molecule has 2 fully saturated rings. The maximum Gasteiger partial charge on any atom is 0.222 e. The summed E-state index contributed by atoms with van der Waals surface area (Å²) in [7, 11) is 0. The van der Waals surface area contributed by atoms with Crippen molar-refractivity contribution in [3.05, 3.63) is 0 Å². The summed E-state index contributed by atoms with van der Waals surface area (Å²) in [5.41, 5.74) is 0. The van der Waals surface area contributed by atoms with E-state index in [4.69, 9.17) is 0 Å². The van der Waals surface area contributed by atoms with Crippen LogP contribution in [0.25, 0.3) is 0 Å². The van der Waals surface area contributed by atoms with Crippen LogP contribution in [-0.4, -0.2) is 36.5 Å². The molecule has 2 aliphatic heterocycles. The number of hydrogen-bond acceptors (Lipinski definition) is 1. The quantitative estimate of drug-likeness (QED) is 0.556. The normalized spacial score (nSPS) is 26.7. The maximum atomic E-state index is 11.4. The predicted octanol–water partition coefficient (Wildman–Crippen LogP) is 0.376. The molecule has 0 aliphatic carbocycles. The highest BCUT2D eigenvalue weighted by Crippen LogP contribution is 2.19. The molecule has 0 unspecified atom stereocenters. The molecule has 0 spiro atoms. The number of nitrogens with zero attached hydrogens (tertiary/aromatic N) is 2. The molecule has 2 saturated heterocycles. The van der Waals surface area contributed by atoms with E-state index in [0.717, 1.165) is 45.3 Å². The molecule has 67 valence electrons. The Morgan fingerprint density at radius 2 is 2.08 bits per heavy atom. The lowest BCUT2D eigenvalue weighted by atomic mass is 10.1. The zero-order valence-corrected chi connectivity index (χ0v) is 7.33. The lowest BCUT2D eigenvalue weighted by Gasteiger charge is -2.30. The molecule has 0 aromatic heterocycles. The van der Waals surface area contributed by atoms with Crippen molar-refractivity contribution in [2.45, 2.75) is 31.7 Å². The number of amides is 1. The van der Waals surface area contributed by atoms with Crippen LogP contribution in [0.5, 0.6) is 0 Å². The van der Waals surface area contributed by atoms with Crippen LogP contribution in [-0.2, 0) is 4.79 Å². The van der Waals surface area contributed by atoms with Gasteiger partial charge in [-0.3, -0.25) is 4.79 Å². The Balaban J connectivity index is 1.93. The van der Waals surface area contributed by atoms with Gasteiger partial charge in [0, 0.05) is 32.1 Å². The van der Waals surface area contributed by atoms with Crippen molar-refractivity contribution in [1.29, 1.82) is 0 Å². The Hall–Kier alpha value is -0.570. The molecule has 1 amide bonds. The van der Waals surface area contributed by atoms with Gasteiger partial charge in [0.15, 0.2) is 0 Å². The number of hydrogen-bond donors (Lipinski definition) is 0. The second-order valence-electron chi connectivity index (χ2n) is 3.59. The molecule has 2 aliphatic rings. The molecule has 0 bridgehead atoms. The van der Waals surface area contributed by atoms with Crippen molar-refractivity contribution in [1.82, 2.24) is 10.2 Å². The summed E-state index contributed by atoms with van der Waals surface area (Å²) in [6, 6.07) is 0.512. The highest BCUT2D eigenvalue weighted by molar-refractivity contribution is 5.78. The zero-order chi connectivity index (χ0) is 8.39. The fourth-order valence-electron chi connectivity index (χ4n) is 2.10. The lowest BCUT2D eigenvalue weighted by molar-refractivity contribution is -0.130. The second-order valence-corrected chi connectivity index (χ2v) is 3.59. The van der Waals surface area contributed by atoms with Gasteiger partial charge in [0.2, 0.25) is 5.91 Å². The van der Waals surface area contributed by atoms with Crippen molar-refractivity contribution in [3.63, 3.8) is 0 Å². The first-order valence-electron chi connectivity index (χ1n) is 4.80. The van der Waals surface area contributed by atoms with Gasteiger partial charge >= 0.3 is 0 Å². The molecule has 0 atom stereocenters. The topological polar surface area (TPSA) is 34.4 Å². The number of carbonyl (C=O) groups excluding carboxylic acids is 1. The average molecular weight is 167 g/mol. The average Bonchev–Trinajstić information content (AvgIpc) is 2.53. The van der Waals surface area contributed by atoms with Crippen LogP contribution < -0.4 is 5.32 Å². The summed E-state index contributed by atoms with van der Waals surface area (Å²) in [6.45, 7) is 2.90. The summed E-state index contributed by atoms with van der Waals surface area (Å²) >= 11 is 0. The van der Waals surface area contributed by atoms with Crippen LogP contribution in [0.15, 0.2) is 0 Å². The Morgan fingerprint density at radius 1 is 1.33 bits per heavy atom. The zero-order valence-electron chi connectivity index (χ0n) is 7.33. The van der Waals surface area contributed by atoms with Gasteiger partial charge in [-0.05, 0) is 19.3 Å². The minimum Gasteiger partial charge on any atom is -0.340 e. The molecule has 0 aromatic carbocycles. The Kier molecular flexibility index (Phi) is 2.30. The first-order valence-corrected chi connectivity index (χ1v) is 4.80. The van der Waals surface area contributed by atoms with E-state index in [1.165, 1.54) is 0 Å². The van der Waals surface area contributed by atoms with E-state index >= 15 is 0 Å². The Labute approximate surface area is 73.1 Å². The highest BCUT2D eigenvalue weighted by atomic mass is 16.2. The smallest absolute Gasteiger partial charge is 0.222 e.